The highest BCUT2D eigenvalue weighted by Crippen LogP contribution is 2.27. The summed E-state index contributed by atoms with van der Waals surface area (Å²) < 4.78 is 7.46. The second-order valence-electron chi connectivity index (χ2n) is 7.55. The number of nitrogens with zero attached hydrogens (tertiary/aromatic N) is 3. The Balaban J connectivity index is 1.27. The zero-order chi connectivity index (χ0) is 21.6. The lowest BCUT2D eigenvalue weighted by Crippen LogP contribution is -2.39. The van der Waals surface area contributed by atoms with Gasteiger partial charge in [-0.2, -0.15) is 5.10 Å². The molecule has 1 aliphatic heterocycles. The number of hydrogen-bond donors (Lipinski definition) is 1. The molecule has 0 aliphatic carbocycles. The highest BCUT2D eigenvalue weighted by Gasteiger charge is 2.27. The summed E-state index contributed by atoms with van der Waals surface area (Å²) in [5.74, 6) is 1.42. The van der Waals surface area contributed by atoms with E-state index in [1.165, 1.54) is 11.3 Å². The van der Waals surface area contributed by atoms with Gasteiger partial charge in [0.15, 0.2) is 0 Å². The number of rotatable bonds is 7. The van der Waals surface area contributed by atoms with Crippen LogP contribution in [0.2, 0.25) is 0 Å². The number of likely N-dealkylation sites (tertiary alicyclic amines) is 1. The summed E-state index contributed by atoms with van der Waals surface area (Å²) in [5.41, 5.74) is 0. The molecule has 3 aromatic rings. The van der Waals surface area contributed by atoms with Crippen LogP contribution in [0.5, 0.6) is 5.75 Å². The van der Waals surface area contributed by atoms with Gasteiger partial charge in [-0.05, 0) is 44.0 Å². The van der Waals surface area contributed by atoms with Gasteiger partial charge in [0, 0.05) is 24.0 Å². The van der Waals surface area contributed by atoms with Gasteiger partial charge in [0.25, 0.3) is 5.91 Å². The Morgan fingerprint density at radius 1 is 1.13 bits per heavy atom. The second kappa shape index (κ2) is 9.78. The van der Waals surface area contributed by atoms with E-state index in [-0.39, 0.29) is 24.3 Å². The maximum absolute atomic E-state index is 12.7. The fourth-order valence-electron chi connectivity index (χ4n) is 3.71. The molecule has 1 N–H and O–H groups in total. The Hall–Kier alpha value is -3.13. The first-order valence-corrected chi connectivity index (χ1v) is 11.3. The van der Waals surface area contributed by atoms with E-state index in [0.29, 0.717) is 25.5 Å². The number of nitrogens with one attached hydrogen (secondary N) is 1. The number of piperidine rings is 1. The van der Waals surface area contributed by atoms with Crippen molar-refractivity contribution in [2.45, 2.75) is 32.2 Å². The van der Waals surface area contributed by atoms with E-state index in [9.17, 15) is 9.59 Å². The number of carbonyl (C=O) groups is 2. The van der Waals surface area contributed by atoms with Crippen molar-refractivity contribution in [2.24, 2.45) is 0 Å². The molecule has 8 heteroatoms. The highest BCUT2D eigenvalue weighted by atomic mass is 32.1. The molecule has 3 heterocycles. The molecule has 1 saturated heterocycles. The Labute approximate surface area is 185 Å². The van der Waals surface area contributed by atoms with Gasteiger partial charge in [0.1, 0.15) is 11.6 Å². The first-order chi connectivity index (χ1) is 15.1. The number of thiophene rings is 1. The van der Waals surface area contributed by atoms with Crippen molar-refractivity contribution in [3.05, 3.63) is 64.5 Å². The minimum Gasteiger partial charge on any atom is -0.493 e. The molecular formula is C23H26N4O3S. The second-order valence-corrected chi connectivity index (χ2v) is 8.84. The smallest absolute Gasteiger partial charge is 0.263 e. The quantitative estimate of drug-likeness (QED) is 0.602. The number of carbonyl (C=O) groups excluding carboxylic acids is 2. The minimum absolute atomic E-state index is 0.101. The summed E-state index contributed by atoms with van der Waals surface area (Å²) in [6.07, 6.45) is 3.56. The average molecular weight is 439 g/mol. The molecule has 0 unspecified atom stereocenters. The minimum atomic E-state index is -0.113. The molecule has 0 spiro atoms. The molecule has 162 valence electrons. The molecular weight excluding hydrogens is 412 g/mol. The standard InChI is InChI=1S/C23H26N4O3S/c1-17-7-8-20(31-17)23(29)26-14-10-18(11-15-26)27-21(9-13-24-27)25-22(28)12-16-30-19-5-3-2-4-6-19/h2-9,13,18H,10-12,14-16H2,1H3,(H,25,28). The fraction of sp³-hybridized carbons (Fsp3) is 0.348. The molecule has 1 aliphatic rings. The summed E-state index contributed by atoms with van der Waals surface area (Å²) in [6, 6.07) is 15.3. The average Bonchev–Trinajstić information content (AvgIpc) is 3.43. The van der Waals surface area contributed by atoms with Crippen LogP contribution in [0.4, 0.5) is 5.82 Å². The first-order valence-electron chi connectivity index (χ1n) is 10.5. The molecule has 0 saturated carbocycles. The lowest BCUT2D eigenvalue weighted by atomic mass is 10.0. The predicted molar refractivity (Wildman–Crippen MR) is 121 cm³/mol. The van der Waals surface area contributed by atoms with Crippen LogP contribution in [0.25, 0.3) is 0 Å². The van der Waals surface area contributed by atoms with Crippen LogP contribution in [0.1, 0.15) is 39.9 Å². The van der Waals surface area contributed by atoms with Crippen molar-refractivity contribution in [1.82, 2.24) is 14.7 Å². The molecule has 2 aromatic heterocycles. The van der Waals surface area contributed by atoms with Gasteiger partial charge in [-0.1, -0.05) is 18.2 Å². The molecule has 2 amide bonds. The summed E-state index contributed by atoms with van der Waals surface area (Å²) in [4.78, 5) is 28.9. The van der Waals surface area contributed by atoms with Gasteiger partial charge in [-0.25, -0.2) is 4.68 Å². The lowest BCUT2D eigenvalue weighted by molar-refractivity contribution is -0.116. The van der Waals surface area contributed by atoms with Crippen molar-refractivity contribution in [2.75, 3.05) is 25.0 Å². The van der Waals surface area contributed by atoms with Crippen molar-refractivity contribution < 1.29 is 14.3 Å². The number of para-hydroxylation sites is 1. The zero-order valence-electron chi connectivity index (χ0n) is 17.5. The van der Waals surface area contributed by atoms with Crippen LogP contribution in [0.3, 0.4) is 0 Å². The van der Waals surface area contributed by atoms with Crippen LogP contribution in [-0.4, -0.2) is 46.2 Å². The number of amides is 2. The Morgan fingerprint density at radius 3 is 2.61 bits per heavy atom. The van der Waals surface area contributed by atoms with E-state index in [2.05, 4.69) is 10.4 Å². The molecule has 31 heavy (non-hydrogen) atoms. The van der Waals surface area contributed by atoms with Gasteiger partial charge < -0.3 is 15.0 Å². The van der Waals surface area contributed by atoms with Crippen molar-refractivity contribution >= 4 is 29.0 Å². The molecule has 0 bridgehead atoms. The molecule has 7 nitrogen and oxygen atoms in total. The summed E-state index contributed by atoms with van der Waals surface area (Å²) in [7, 11) is 0. The largest absolute Gasteiger partial charge is 0.493 e. The summed E-state index contributed by atoms with van der Waals surface area (Å²) in [6.45, 7) is 3.68. The van der Waals surface area contributed by atoms with E-state index in [1.54, 1.807) is 6.20 Å². The van der Waals surface area contributed by atoms with Crippen LogP contribution in [0, 0.1) is 6.92 Å². The Bertz CT molecular complexity index is 1020. The summed E-state index contributed by atoms with van der Waals surface area (Å²) in [5, 5.41) is 7.36. The molecule has 1 fully saturated rings. The predicted octanol–water partition coefficient (Wildman–Crippen LogP) is 4.14. The number of ether oxygens (including phenoxy) is 1. The van der Waals surface area contributed by atoms with Gasteiger partial charge in [0.2, 0.25) is 5.91 Å². The highest BCUT2D eigenvalue weighted by molar-refractivity contribution is 7.13. The van der Waals surface area contributed by atoms with Crippen LogP contribution in [0.15, 0.2) is 54.7 Å². The topological polar surface area (TPSA) is 76.5 Å². The first kappa shape index (κ1) is 21.1. The number of aromatic nitrogens is 2. The zero-order valence-corrected chi connectivity index (χ0v) is 18.3. The van der Waals surface area contributed by atoms with Gasteiger partial charge in [0.05, 0.1) is 30.1 Å². The van der Waals surface area contributed by atoms with Gasteiger partial charge in [-0.3, -0.25) is 9.59 Å². The maximum atomic E-state index is 12.7. The van der Waals surface area contributed by atoms with Crippen molar-refractivity contribution in [3.8, 4) is 5.75 Å². The summed E-state index contributed by atoms with van der Waals surface area (Å²) >= 11 is 1.54. The van der Waals surface area contributed by atoms with Gasteiger partial charge in [-0.15, -0.1) is 11.3 Å². The third kappa shape index (κ3) is 5.32. The van der Waals surface area contributed by atoms with E-state index in [0.717, 1.165) is 28.3 Å². The molecule has 1 aromatic carbocycles. The third-order valence-electron chi connectivity index (χ3n) is 5.33. The monoisotopic (exact) mass is 438 g/mol. The lowest BCUT2D eigenvalue weighted by Gasteiger charge is -2.32. The maximum Gasteiger partial charge on any atom is 0.263 e. The Kier molecular flexibility index (Phi) is 6.66. The van der Waals surface area contributed by atoms with Crippen LogP contribution < -0.4 is 10.1 Å². The van der Waals surface area contributed by atoms with Crippen LogP contribution >= 0.6 is 11.3 Å². The van der Waals surface area contributed by atoms with E-state index >= 15 is 0 Å². The van der Waals surface area contributed by atoms with Crippen molar-refractivity contribution in [3.63, 3.8) is 0 Å². The van der Waals surface area contributed by atoms with E-state index in [1.807, 2.05) is 65.0 Å². The van der Waals surface area contributed by atoms with E-state index < -0.39 is 0 Å². The number of aryl methyl sites for hydroxylation is 1. The molecule has 0 atom stereocenters. The number of anilines is 1. The van der Waals surface area contributed by atoms with E-state index in [4.69, 9.17) is 4.74 Å². The normalized spacial score (nSPS) is 14.4. The fourth-order valence-corrected chi connectivity index (χ4v) is 4.54. The number of hydrogen-bond acceptors (Lipinski definition) is 5. The molecule has 0 radical (unpaired) electrons. The Morgan fingerprint density at radius 2 is 1.90 bits per heavy atom. The number of benzene rings is 1. The third-order valence-corrected chi connectivity index (χ3v) is 6.32. The van der Waals surface area contributed by atoms with Crippen molar-refractivity contribution in [1.29, 1.82) is 0 Å². The van der Waals surface area contributed by atoms with Gasteiger partial charge >= 0.3 is 0 Å². The molecule has 4 rings (SSSR count). The van der Waals surface area contributed by atoms with Crippen LogP contribution in [-0.2, 0) is 4.79 Å². The SMILES string of the molecule is Cc1ccc(C(=O)N2CCC(n3nccc3NC(=O)CCOc3ccccc3)CC2)s1.